The lowest BCUT2D eigenvalue weighted by molar-refractivity contribution is -0.131. The van der Waals surface area contributed by atoms with Gasteiger partial charge in [0, 0.05) is 13.7 Å². The zero-order valence-corrected chi connectivity index (χ0v) is 12.7. The third kappa shape index (κ3) is 3.60. The molecule has 1 unspecified atom stereocenters. The molecule has 1 aliphatic heterocycles. The van der Waals surface area contributed by atoms with Crippen molar-refractivity contribution in [2.45, 2.75) is 24.8 Å². The van der Waals surface area contributed by atoms with E-state index in [4.69, 9.17) is 4.74 Å². The van der Waals surface area contributed by atoms with Gasteiger partial charge in [0.1, 0.15) is 11.4 Å². The smallest absolute Gasteiger partial charge is 0.240 e. The van der Waals surface area contributed by atoms with E-state index in [0.717, 1.165) is 24.9 Å². The average Bonchev–Trinajstić information content (AvgIpc) is 2.84. The Labute approximate surface area is 125 Å². The van der Waals surface area contributed by atoms with Gasteiger partial charge >= 0.3 is 0 Å². The van der Waals surface area contributed by atoms with Gasteiger partial charge in [0.15, 0.2) is 0 Å². The Kier molecular flexibility index (Phi) is 5.31. The van der Waals surface area contributed by atoms with Gasteiger partial charge in [-0.15, -0.1) is 0 Å². The van der Waals surface area contributed by atoms with Crippen molar-refractivity contribution in [1.29, 1.82) is 0 Å². The van der Waals surface area contributed by atoms with Crippen LogP contribution in [0.4, 0.5) is 4.39 Å². The van der Waals surface area contributed by atoms with Crippen LogP contribution in [-0.2, 0) is 16.0 Å². The normalized spacial score (nSPS) is 22.4. The fourth-order valence-electron chi connectivity index (χ4n) is 2.98. The number of likely N-dealkylation sites (tertiary alicyclic amines) is 1. The van der Waals surface area contributed by atoms with Gasteiger partial charge in [0.2, 0.25) is 5.91 Å². The molecule has 4 nitrogen and oxygen atoms in total. The third-order valence-corrected chi connectivity index (χ3v) is 4.24. The van der Waals surface area contributed by atoms with Crippen LogP contribution in [0.5, 0.6) is 0 Å². The highest BCUT2D eigenvalue weighted by Gasteiger charge is 2.45. The molecule has 5 heteroatoms. The summed E-state index contributed by atoms with van der Waals surface area (Å²) in [5.41, 5.74) is 0.443. The molecule has 0 spiro atoms. The molecule has 0 saturated carbocycles. The van der Waals surface area contributed by atoms with Crippen molar-refractivity contribution in [1.82, 2.24) is 10.2 Å². The molecular formula is C16H23FN2O2. The summed E-state index contributed by atoms with van der Waals surface area (Å²) in [6.45, 7) is 1.91. The van der Waals surface area contributed by atoms with Crippen molar-refractivity contribution in [3.8, 4) is 0 Å². The SMILES string of the molecule is COCCNC(=O)C1(Cc2ccc(F)cc2)CCCN1C. The number of carbonyl (C=O) groups excluding carboxylic acids is 1. The van der Waals surface area contributed by atoms with E-state index in [0.29, 0.717) is 19.6 Å². The van der Waals surface area contributed by atoms with Gasteiger partial charge in [-0.1, -0.05) is 12.1 Å². The van der Waals surface area contributed by atoms with Crippen LogP contribution in [-0.4, -0.2) is 50.2 Å². The van der Waals surface area contributed by atoms with Crippen molar-refractivity contribution in [3.63, 3.8) is 0 Å². The summed E-state index contributed by atoms with van der Waals surface area (Å²) in [6, 6.07) is 6.40. The number of carbonyl (C=O) groups is 1. The quantitative estimate of drug-likeness (QED) is 0.810. The molecule has 21 heavy (non-hydrogen) atoms. The fraction of sp³-hybridized carbons (Fsp3) is 0.562. The Bertz CT molecular complexity index is 478. The molecule has 0 radical (unpaired) electrons. The summed E-state index contributed by atoms with van der Waals surface area (Å²) in [5.74, 6) is -0.221. The first-order valence-corrected chi connectivity index (χ1v) is 7.31. The zero-order valence-electron chi connectivity index (χ0n) is 12.7. The monoisotopic (exact) mass is 294 g/mol. The van der Waals surface area contributed by atoms with E-state index >= 15 is 0 Å². The molecule has 0 aromatic heterocycles. The van der Waals surface area contributed by atoms with E-state index in [1.807, 2.05) is 7.05 Å². The molecule has 1 heterocycles. The molecule has 1 aliphatic rings. The second kappa shape index (κ2) is 7.00. The summed E-state index contributed by atoms with van der Waals surface area (Å²) in [5, 5.41) is 2.95. The first kappa shape index (κ1) is 15.9. The standard InChI is InChI=1S/C16H23FN2O2/c1-19-10-3-8-16(19,15(20)18-9-11-21-2)12-13-4-6-14(17)7-5-13/h4-7H,3,8-12H2,1-2H3,(H,18,20). The molecule has 0 bridgehead atoms. The topological polar surface area (TPSA) is 41.6 Å². The highest BCUT2D eigenvalue weighted by molar-refractivity contribution is 5.87. The van der Waals surface area contributed by atoms with Crippen LogP contribution >= 0.6 is 0 Å². The van der Waals surface area contributed by atoms with Gasteiger partial charge in [0.25, 0.3) is 0 Å². The Balaban J connectivity index is 2.13. The van der Waals surface area contributed by atoms with E-state index in [1.165, 1.54) is 12.1 Å². The second-order valence-electron chi connectivity index (χ2n) is 5.61. The van der Waals surface area contributed by atoms with E-state index < -0.39 is 5.54 Å². The first-order valence-electron chi connectivity index (χ1n) is 7.31. The van der Waals surface area contributed by atoms with E-state index in [1.54, 1.807) is 19.2 Å². The van der Waals surface area contributed by atoms with Gasteiger partial charge in [0.05, 0.1) is 6.61 Å². The van der Waals surface area contributed by atoms with Crippen molar-refractivity contribution in [2.24, 2.45) is 0 Å². The zero-order chi connectivity index (χ0) is 15.3. The lowest BCUT2D eigenvalue weighted by Gasteiger charge is -2.35. The van der Waals surface area contributed by atoms with Gasteiger partial charge in [-0.3, -0.25) is 9.69 Å². The maximum atomic E-state index is 13.0. The number of benzene rings is 1. The van der Waals surface area contributed by atoms with Crippen LogP contribution in [0.25, 0.3) is 0 Å². The number of nitrogens with zero attached hydrogens (tertiary/aromatic N) is 1. The number of amides is 1. The van der Waals surface area contributed by atoms with Crippen molar-refractivity contribution in [3.05, 3.63) is 35.6 Å². The summed E-state index contributed by atoms with van der Waals surface area (Å²) in [4.78, 5) is 14.8. The van der Waals surface area contributed by atoms with Gasteiger partial charge in [-0.25, -0.2) is 4.39 Å². The molecule has 1 aromatic rings. The fourth-order valence-corrected chi connectivity index (χ4v) is 2.98. The number of hydrogen-bond acceptors (Lipinski definition) is 3. The Morgan fingerprint density at radius 1 is 1.43 bits per heavy atom. The van der Waals surface area contributed by atoms with E-state index in [9.17, 15) is 9.18 Å². The molecule has 1 fully saturated rings. The third-order valence-electron chi connectivity index (χ3n) is 4.24. The van der Waals surface area contributed by atoms with Crippen LogP contribution in [0.2, 0.25) is 0 Å². The van der Waals surface area contributed by atoms with Crippen molar-refractivity contribution < 1.29 is 13.9 Å². The largest absolute Gasteiger partial charge is 0.383 e. The maximum absolute atomic E-state index is 13.0. The predicted octanol–water partition coefficient (Wildman–Crippen LogP) is 1.60. The average molecular weight is 294 g/mol. The molecular weight excluding hydrogens is 271 g/mol. The summed E-state index contributed by atoms with van der Waals surface area (Å²) in [7, 11) is 3.59. The van der Waals surface area contributed by atoms with Crippen LogP contribution in [0, 0.1) is 5.82 Å². The summed E-state index contributed by atoms with van der Waals surface area (Å²) in [6.07, 6.45) is 2.41. The summed E-state index contributed by atoms with van der Waals surface area (Å²) < 4.78 is 18.0. The molecule has 1 atom stereocenters. The number of halogens is 1. The van der Waals surface area contributed by atoms with Crippen LogP contribution in [0.15, 0.2) is 24.3 Å². The number of likely N-dealkylation sites (N-methyl/N-ethyl adjacent to an activating group) is 1. The van der Waals surface area contributed by atoms with Crippen LogP contribution in [0.3, 0.4) is 0 Å². The Morgan fingerprint density at radius 2 is 2.14 bits per heavy atom. The second-order valence-corrected chi connectivity index (χ2v) is 5.61. The predicted molar refractivity (Wildman–Crippen MR) is 79.6 cm³/mol. The van der Waals surface area contributed by atoms with Gasteiger partial charge < -0.3 is 10.1 Å². The van der Waals surface area contributed by atoms with E-state index in [2.05, 4.69) is 10.2 Å². The van der Waals surface area contributed by atoms with Gasteiger partial charge in [-0.05, 0) is 50.6 Å². The molecule has 0 aliphatic carbocycles. The van der Waals surface area contributed by atoms with Crippen LogP contribution in [0.1, 0.15) is 18.4 Å². The minimum absolute atomic E-state index is 0.0314. The first-order chi connectivity index (χ1) is 10.1. The van der Waals surface area contributed by atoms with Crippen LogP contribution < -0.4 is 5.32 Å². The molecule has 1 aromatic carbocycles. The number of rotatable bonds is 6. The lowest BCUT2D eigenvalue weighted by Crippen LogP contribution is -2.56. The molecule has 1 amide bonds. The number of nitrogens with one attached hydrogen (secondary N) is 1. The minimum atomic E-state index is -0.536. The molecule has 2 rings (SSSR count). The highest BCUT2D eigenvalue weighted by Crippen LogP contribution is 2.31. The van der Waals surface area contributed by atoms with Crippen molar-refractivity contribution in [2.75, 3.05) is 33.9 Å². The number of ether oxygens (including phenoxy) is 1. The lowest BCUT2D eigenvalue weighted by atomic mass is 9.87. The Morgan fingerprint density at radius 3 is 2.71 bits per heavy atom. The minimum Gasteiger partial charge on any atom is -0.383 e. The number of hydrogen-bond donors (Lipinski definition) is 1. The Hall–Kier alpha value is -1.46. The molecule has 1 saturated heterocycles. The molecule has 116 valence electrons. The van der Waals surface area contributed by atoms with Crippen molar-refractivity contribution >= 4 is 5.91 Å². The molecule has 1 N–H and O–H groups in total. The maximum Gasteiger partial charge on any atom is 0.240 e. The highest BCUT2D eigenvalue weighted by atomic mass is 19.1. The van der Waals surface area contributed by atoms with Gasteiger partial charge in [-0.2, -0.15) is 0 Å². The summed E-state index contributed by atoms with van der Waals surface area (Å²) >= 11 is 0. The van der Waals surface area contributed by atoms with E-state index in [-0.39, 0.29) is 11.7 Å². The number of methoxy groups -OCH3 is 1.